The zero-order valence-corrected chi connectivity index (χ0v) is 16.3. The Labute approximate surface area is 173 Å². The summed E-state index contributed by atoms with van der Waals surface area (Å²) in [4.78, 5) is 48.1. The summed E-state index contributed by atoms with van der Waals surface area (Å²) in [5.41, 5.74) is 1.65. The van der Waals surface area contributed by atoms with Crippen LogP contribution in [0.15, 0.2) is 66.7 Å². The minimum Gasteiger partial charge on any atom is -0.335 e. The molecule has 2 aromatic carbocycles. The molecule has 2 aliphatic rings. The van der Waals surface area contributed by atoms with Crippen molar-refractivity contribution in [3.05, 3.63) is 72.4 Å². The van der Waals surface area contributed by atoms with E-state index < -0.39 is 6.04 Å². The van der Waals surface area contributed by atoms with Gasteiger partial charge in [0, 0.05) is 18.5 Å². The topological polar surface area (TPSA) is 73.8 Å². The van der Waals surface area contributed by atoms with Crippen LogP contribution in [0.4, 0.5) is 10.5 Å². The summed E-state index contributed by atoms with van der Waals surface area (Å²) in [6, 6.07) is 19.1. The molecule has 4 amide bonds. The molecule has 150 valence electrons. The zero-order valence-electron chi connectivity index (χ0n) is 16.3. The monoisotopic (exact) mass is 400 g/mol. The van der Waals surface area contributed by atoms with Crippen LogP contribution in [0.25, 0.3) is 10.9 Å². The first kappa shape index (κ1) is 18.3. The maximum atomic E-state index is 13.2. The first-order valence-electron chi connectivity index (χ1n) is 9.98. The Hall–Kier alpha value is -3.74. The fourth-order valence-electron chi connectivity index (χ4n) is 4.14. The lowest BCUT2D eigenvalue weighted by atomic mass is 10.2. The lowest BCUT2D eigenvalue weighted by Crippen LogP contribution is -2.43. The summed E-state index contributed by atoms with van der Waals surface area (Å²) in [7, 11) is 0. The highest BCUT2D eigenvalue weighted by molar-refractivity contribution is 6.21. The van der Waals surface area contributed by atoms with Gasteiger partial charge in [-0.25, -0.2) is 14.7 Å². The first-order chi connectivity index (χ1) is 14.6. The Morgan fingerprint density at radius 1 is 0.900 bits per heavy atom. The average molecular weight is 400 g/mol. The van der Waals surface area contributed by atoms with Gasteiger partial charge in [-0.3, -0.25) is 9.59 Å². The molecule has 2 saturated heterocycles. The molecule has 1 aromatic heterocycles. The fourth-order valence-corrected chi connectivity index (χ4v) is 4.14. The molecule has 2 fully saturated rings. The second-order valence-corrected chi connectivity index (χ2v) is 7.49. The van der Waals surface area contributed by atoms with Gasteiger partial charge >= 0.3 is 6.03 Å². The number of aromatic nitrogens is 1. The number of urea groups is 1. The van der Waals surface area contributed by atoms with Crippen LogP contribution in [0.5, 0.6) is 0 Å². The summed E-state index contributed by atoms with van der Waals surface area (Å²) in [6.45, 7) is 1.08. The van der Waals surface area contributed by atoms with Crippen molar-refractivity contribution < 1.29 is 14.4 Å². The number of pyridine rings is 1. The molecule has 0 bridgehead atoms. The van der Waals surface area contributed by atoms with Gasteiger partial charge in [0.1, 0.15) is 11.7 Å². The molecule has 0 saturated carbocycles. The summed E-state index contributed by atoms with van der Waals surface area (Å²) in [5, 5.41) is 0.964. The number of nitrogens with zero attached hydrogens (tertiary/aromatic N) is 4. The number of benzene rings is 2. The van der Waals surface area contributed by atoms with E-state index in [-0.39, 0.29) is 24.4 Å². The van der Waals surface area contributed by atoms with Gasteiger partial charge < -0.3 is 9.80 Å². The molecule has 1 atom stereocenters. The smallest absolute Gasteiger partial charge is 0.332 e. The Balaban J connectivity index is 1.41. The predicted molar refractivity (Wildman–Crippen MR) is 112 cm³/mol. The number of hydrogen-bond donors (Lipinski definition) is 0. The SMILES string of the molecule is O=C(c1ccc2ccccc2n1)N1CCCN2C(=O)N(c3ccccc3)C(=O)C2C1. The third-order valence-corrected chi connectivity index (χ3v) is 5.66. The molecular weight excluding hydrogens is 380 g/mol. The van der Waals surface area contributed by atoms with Gasteiger partial charge in [0.15, 0.2) is 0 Å². The molecule has 7 heteroatoms. The zero-order chi connectivity index (χ0) is 20.7. The first-order valence-corrected chi connectivity index (χ1v) is 9.98. The highest BCUT2D eigenvalue weighted by Crippen LogP contribution is 2.27. The number of fused-ring (bicyclic) bond motifs is 2. The molecule has 30 heavy (non-hydrogen) atoms. The number of carbonyl (C=O) groups is 3. The molecule has 0 spiro atoms. The van der Waals surface area contributed by atoms with Crippen LogP contribution in [-0.2, 0) is 4.79 Å². The molecule has 0 aliphatic carbocycles. The number of para-hydroxylation sites is 2. The molecule has 0 N–H and O–H groups in total. The van der Waals surface area contributed by atoms with E-state index in [9.17, 15) is 14.4 Å². The number of hydrogen-bond acceptors (Lipinski definition) is 4. The van der Waals surface area contributed by atoms with Crippen molar-refractivity contribution in [1.82, 2.24) is 14.8 Å². The quantitative estimate of drug-likeness (QED) is 0.620. The molecule has 2 aliphatic heterocycles. The van der Waals surface area contributed by atoms with E-state index in [0.29, 0.717) is 30.9 Å². The van der Waals surface area contributed by atoms with Crippen LogP contribution in [0.1, 0.15) is 16.9 Å². The van der Waals surface area contributed by atoms with E-state index in [1.165, 1.54) is 4.90 Å². The molecule has 7 nitrogen and oxygen atoms in total. The molecular formula is C23H20N4O3. The Morgan fingerprint density at radius 2 is 1.67 bits per heavy atom. The van der Waals surface area contributed by atoms with Crippen molar-refractivity contribution in [1.29, 1.82) is 0 Å². The van der Waals surface area contributed by atoms with Crippen LogP contribution in [0.2, 0.25) is 0 Å². The second kappa shape index (κ2) is 7.26. The molecule has 3 heterocycles. The fraction of sp³-hybridized carbons (Fsp3) is 0.217. The highest BCUT2D eigenvalue weighted by Gasteiger charge is 2.47. The number of imide groups is 1. The summed E-state index contributed by atoms with van der Waals surface area (Å²) >= 11 is 0. The average Bonchev–Trinajstić information content (AvgIpc) is 2.93. The van der Waals surface area contributed by atoms with Gasteiger partial charge in [0.25, 0.3) is 11.8 Å². The van der Waals surface area contributed by atoms with Gasteiger partial charge in [-0.15, -0.1) is 0 Å². The van der Waals surface area contributed by atoms with Gasteiger partial charge in [-0.2, -0.15) is 0 Å². The van der Waals surface area contributed by atoms with Crippen molar-refractivity contribution in [3.63, 3.8) is 0 Å². The van der Waals surface area contributed by atoms with Gasteiger partial charge in [-0.1, -0.05) is 42.5 Å². The molecule has 3 aromatic rings. The van der Waals surface area contributed by atoms with E-state index in [2.05, 4.69) is 4.98 Å². The van der Waals surface area contributed by atoms with Crippen molar-refractivity contribution in [2.24, 2.45) is 0 Å². The Morgan fingerprint density at radius 3 is 2.50 bits per heavy atom. The molecule has 1 unspecified atom stereocenters. The summed E-state index contributed by atoms with van der Waals surface area (Å²) in [6.07, 6.45) is 0.609. The predicted octanol–water partition coefficient (Wildman–Crippen LogP) is 2.92. The van der Waals surface area contributed by atoms with Crippen LogP contribution < -0.4 is 4.90 Å². The van der Waals surface area contributed by atoms with Crippen LogP contribution in [-0.4, -0.2) is 58.3 Å². The maximum absolute atomic E-state index is 13.2. The maximum Gasteiger partial charge on any atom is 0.332 e. The third kappa shape index (κ3) is 2.99. The van der Waals surface area contributed by atoms with Crippen molar-refractivity contribution in [2.75, 3.05) is 24.5 Å². The van der Waals surface area contributed by atoms with Crippen molar-refractivity contribution >= 4 is 34.4 Å². The van der Waals surface area contributed by atoms with Crippen LogP contribution in [0.3, 0.4) is 0 Å². The standard InChI is InChI=1S/C23H20N4O3/c28-21(19-12-11-16-7-4-5-10-18(16)24-19)25-13-6-14-26-20(15-25)22(29)27(23(26)30)17-8-2-1-3-9-17/h1-5,7-12,20H,6,13-15H2. The van der Waals surface area contributed by atoms with E-state index in [0.717, 1.165) is 10.9 Å². The van der Waals surface area contributed by atoms with Gasteiger partial charge in [0.2, 0.25) is 0 Å². The number of carbonyl (C=O) groups excluding carboxylic acids is 3. The number of amides is 4. The number of rotatable bonds is 2. The lowest BCUT2D eigenvalue weighted by Gasteiger charge is -2.23. The van der Waals surface area contributed by atoms with E-state index in [4.69, 9.17) is 0 Å². The Kier molecular flexibility index (Phi) is 4.43. The normalized spacial score (nSPS) is 19.2. The Bertz CT molecular complexity index is 1150. The van der Waals surface area contributed by atoms with Crippen LogP contribution in [0, 0.1) is 0 Å². The number of anilines is 1. The summed E-state index contributed by atoms with van der Waals surface area (Å²) in [5.74, 6) is -0.515. The lowest BCUT2D eigenvalue weighted by molar-refractivity contribution is -0.119. The van der Waals surface area contributed by atoms with E-state index in [1.54, 1.807) is 40.1 Å². The van der Waals surface area contributed by atoms with Gasteiger partial charge in [0.05, 0.1) is 17.7 Å². The second-order valence-electron chi connectivity index (χ2n) is 7.49. The largest absolute Gasteiger partial charge is 0.335 e. The summed E-state index contributed by atoms with van der Waals surface area (Å²) < 4.78 is 0. The highest BCUT2D eigenvalue weighted by atomic mass is 16.2. The van der Waals surface area contributed by atoms with E-state index in [1.807, 2.05) is 36.4 Å². The third-order valence-electron chi connectivity index (χ3n) is 5.66. The molecule has 5 rings (SSSR count). The van der Waals surface area contributed by atoms with Crippen molar-refractivity contribution in [2.45, 2.75) is 12.5 Å². The van der Waals surface area contributed by atoms with Crippen molar-refractivity contribution in [3.8, 4) is 0 Å². The van der Waals surface area contributed by atoms with Gasteiger partial charge in [-0.05, 0) is 30.7 Å². The minimum absolute atomic E-state index is 0.168. The van der Waals surface area contributed by atoms with Crippen LogP contribution >= 0.6 is 0 Å². The minimum atomic E-state index is -0.676. The van der Waals surface area contributed by atoms with E-state index >= 15 is 0 Å². The molecule has 0 radical (unpaired) electrons.